The summed E-state index contributed by atoms with van der Waals surface area (Å²) >= 11 is 1.69. The Kier molecular flexibility index (Phi) is 7.67. The van der Waals surface area contributed by atoms with E-state index in [0.717, 1.165) is 18.7 Å². The molecule has 1 N–H and O–H groups in total. The van der Waals surface area contributed by atoms with Gasteiger partial charge in [0.05, 0.1) is 6.17 Å². The van der Waals surface area contributed by atoms with E-state index in [2.05, 4.69) is 29.1 Å². The lowest BCUT2D eigenvalue weighted by Crippen LogP contribution is -2.55. The van der Waals surface area contributed by atoms with Crippen LogP contribution in [0, 0.1) is 12.3 Å². The number of hydrogen-bond donors (Lipinski definition) is 1. The van der Waals surface area contributed by atoms with Gasteiger partial charge in [0.25, 0.3) is 5.91 Å². The van der Waals surface area contributed by atoms with Gasteiger partial charge in [0.15, 0.2) is 6.61 Å². The maximum absolute atomic E-state index is 13.4. The first-order chi connectivity index (χ1) is 15.1. The lowest BCUT2D eigenvalue weighted by molar-refractivity contribution is -0.139. The Morgan fingerprint density at radius 3 is 2.55 bits per heavy atom. The van der Waals surface area contributed by atoms with Crippen molar-refractivity contribution in [3.05, 3.63) is 52.2 Å². The molecule has 1 saturated heterocycles. The highest BCUT2D eigenvalue weighted by atomic mass is 32.1. The largest absolute Gasteiger partial charge is 0.484 e. The van der Waals surface area contributed by atoms with Gasteiger partial charge in [-0.25, -0.2) is 0 Å². The topological polar surface area (TPSA) is 41.6 Å². The number of amides is 1. The molecule has 5 heteroatoms. The SMILES string of the molecule is Cc1ccc(OCC(=O)N(Cc2ccsc2)C2CC3(CCCCCCC3)CCN2)cc1. The Morgan fingerprint density at radius 1 is 1.10 bits per heavy atom. The van der Waals surface area contributed by atoms with E-state index in [1.807, 2.05) is 29.2 Å². The third kappa shape index (κ3) is 6.11. The number of benzene rings is 1. The second-order valence-corrected chi connectivity index (χ2v) is 10.2. The van der Waals surface area contributed by atoms with E-state index in [1.54, 1.807) is 11.3 Å². The summed E-state index contributed by atoms with van der Waals surface area (Å²) in [6, 6.07) is 10.0. The summed E-state index contributed by atoms with van der Waals surface area (Å²) in [6.07, 6.45) is 11.8. The number of hydrogen-bond acceptors (Lipinski definition) is 4. The molecule has 1 spiro atoms. The molecule has 2 fully saturated rings. The van der Waals surface area contributed by atoms with Crippen molar-refractivity contribution in [3.63, 3.8) is 0 Å². The van der Waals surface area contributed by atoms with E-state index in [4.69, 9.17) is 4.74 Å². The Bertz CT molecular complexity index is 810. The molecular formula is C26H36N2O2S. The van der Waals surface area contributed by atoms with Gasteiger partial charge in [0, 0.05) is 6.54 Å². The first kappa shape index (κ1) is 22.3. The summed E-state index contributed by atoms with van der Waals surface area (Å²) in [4.78, 5) is 15.4. The fourth-order valence-corrected chi connectivity index (χ4v) is 5.89. The Labute approximate surface area is 191 Å². The summed E-state index contributed by atoms with van der Waals surface area (Å²) in [5.74, 6) is 0.815. The summed E-state index contributed by atoms with van der Waals surface area (Å²) in [5, 5.41) is 7.92. The molecule has 1 aliphatic carbocycles. The highest BCUT2D eigenvalue weighted by Gasteiger charge is 2.39. The van der Waals surface area contributed by atoms with Crippen LogP contribution in [0.2, 0.25) is 0 Å². The zero-order chi connectivity index (χ0) is 21.5. The summed E-state index contributed by atoms with van der Waals surface area (Å²) in [5.41, 5.74) is 2.78. The molecule has 0 radical (unpaired) electrons. The third-order valence-corrected chi connectivity index (χ3v) is 7.82. The smallest absolute Gasteiger partial charge is 0.262 e. The van der Waals surface area contributed by atoms with Crippen LogP contribution in [-0.4, -0.2) is 30.1 Å². The van der Waals surface area contributed by atoms with Gasteiger partial charge < -0.3 is 9.64 Å². The van der Waals surface area contributed by atoms with Crippen molar-refractivity contribution in [1.82, 2.24) is 10.2 Å². The molecule has 1 aromatic carbocycles. The molecule has 4 rings (SSSR count). The highest BCUT2D eigenvalue weighted by molar-refractivity contribution is 7.07. The summed E-state index contributed by atoms with van der Waals surface area (Å²) in [6.45, 7) is 3.78. The first-order valence-corrected chi connectivity index (χ1v) is 12.8. The minimum atomic E-state index is 0.0622. The maximum Gasteiger partial charge on any atom is 0.262 e. The van der Waals surface area contributed by atoms with E-state index < -0.39 is 0 Å². The average molecular weight is 441 g/mol. The molecule has 168 valence electrons. The number of piperidine rings is 1. The molecular weight excluding hydrogens is 404 g/mol. The molecule has 4 nitrogen and oxygen atoms in total. The second-order valence-electron chi connectivity index (χ2n) is 9.45. The van der Waals surface area contributed by atoms with Crippen LogP contribution < -0.4 is 10.1 Å². The molecule has 1 aromatic heterocycles. The fraction of sp³-hybridized carbons (Fsp3) is 0.577. The summed E-state index contributed by atoms with van der Waals surface area (Å²) in [7, 11) is 0. The van der Waals surface area contributed by atoms with Crippen LogP contribution in [0.25, 0.3) is 0 Å². The van der Waals surface area contributed by atoms with Gasteiger partial charge in [-0.05, 0) is 79.1 Å². The first-order valence-electron chi connectivity index (χ1n) is 11.9. The van der Waals surface area contributed by atoms with E-state index >= 15 is 0 Å². The number of carbonyl (C=O) groups is 1. The minimum Gasteiger partial charge on any atom is -0.484 e. The van der Waals surface area contributed by atoms with Crippen LogP contribution in [0.1, 0.15) is 68.9 Å². The lowest BCUT2D eigenvalue weighted by Gasteiger charge is -2.46. The van der Waals surface area contributed by atoms with Crippen LogP contribution in [-0.2, 0) is 11.3 Å². The number of ether oxygens (including phenoxy) is 1. The van der Waals surface area contributed by atoms with Gasteiger partial charge in [0.1, 0.15) is 5.75 Å². The van der Waals surface area contributed by atoms with Crippen molar-refractivity contribution in [2.45, 2.75) is 77.4 Å². The quantitative estimate of drug-likeness (QED) is 0.608. The van der Waals surface area contributed by atoms with Crippen LogP contribution in [0.5, 0.6) is 5.75 Å². The lowest BCUT2D eigenvalue weighted by atomic mass is 9.69. The molecule has 0 bridgehead atoms. The van der Waals surface area contributed by atoms with Crippen LogP contribution >= 0.6 is 11.3 Å². The zero-order valence-corrected chi connectivity index (χ0v) is 19.6. The van der Waals surface area contributed by atoms with E-state index in [9.17, 15) is 4.79 Å². The number of thiophene rings is 1. The van der Waals surface area contributed by atoms with Gasteiger partial charge in [-0.3, -0.25) is 10.1 Å². The van der Waals surface area contributed by atoms with Gasteiger partial charge in [0.2, 0.25) is 0 Å². The van der Waals surface area contributed by atoms with Crippen LogP contribution in [0.3, 0.4) is 0 Å². The van der Waals surface area contributed by atoms with Gasteiger partial charge in [-0.2, -0.15) is 11.3 Å². The average Bonchev–Trinajstić information content (AvgIpc) is 3.28. The van der Waals surface area contributed by atoms with E-state index in [1.165, 1.54) is 62.5 Å². The number of aryl methyl sites for hydroxylation is 1. The molecule has 31 heavy (non-hydrogen) atoms. The fourth-order valence-electron chi connectivity index (χ4n) is 5.23. The molecule has 2 aliphatic rings. The number of nitrogens with zero attached hydrogens (tertiary/aromatic N) is 1. The van der Waals surface area contributed by atoms with Crippen LogP contribution in [0.4, 0.5) is 0 Å². The van der Waals surface area contributed by atoms with Gasteiger partial charge in [-0.15, -0.1) is 0 Å². The maximum atomic E-state index is 13.4. The minimum absolute atomic E-state index is 0.0622. The normalized spacial score (nSPS) is 21.3. The number of carbonyl (C=O) groups excluding carboxylic acids is 1. The predicted molar refractivity (Wildman–Crippen MR) is 127 cm³/mol. The zero-order valence-electron chi connectivity index (χ0n) is 18.8. The molecule has 2 aromatic rings. The van der Waals surface area contributed by atoms with E-state index in [-0.39, 0.29) is 18.7 Å². The van der Waals surface area contributed by atoms with Crippen molar-refractivity contribution in [2.24, 2.45) is 5.41 Å². The molecule has 1 unspecified atom stereocenters. The van der Waals surface area contributed by atoms with Gasteiger partial charge >= 0.3 is 0 Å². The number of nitrogens with one attached hydrogen (secondary N) is 1. The number of rotatable bonds is 6. The summed E-state index contributed by atoms with van der Waals surface area (Å²) < 4.78 is 5.87. The van der Waals surface area contributed by atoms with E-state index in [0.29, 0.717) is 12.0 Å². The standard InChI is InChI=1S/C26H36N2O2S/c1-21-7-9-23(10-8-21)30-19-25(29)28(18-22-11-16-31-20-22)24-17-26(14-15-27-24)12-5-3-2-4-6-13-26/h7-11,16,20,24,27H,2-6,12-15,17-19H2,1H3. The monoisotopic (exact) mass is 440 g/mol. The van der Waals surface area contributed by atoms with Crippen molar-refractivity contribution < 1.29 is 9.53 Å². The van der Waals surface area contributed by atoms with Crippen molar-refractivity contribution in [3.8, 4) is 5.75 Å². The van der Waals surface area contributed by atoms with Gasteiger partial charge in [-0.1, -0.05) is 49.8 Å². The highest BCUT2D eigenvalue weighted by Crippen LogP contribution is 2.43. The van der Waals surface area contributed by atoms with Crippen molar-refractivity contribution in [1.29, 1.82) is 0 Å². The Hall–Kier alpha value is -1.85. The second kappa shape index (κ2) is 10.6. The third-order valence-electron chi connectivity index (χ3n) is 7.09. The predicted octanol–water partition coefficient (Wildman–Crippen LogP) is 5.90. The van der Waals surface area contributed by atoms with Crippen molar-refractivity contribution >= 4 is 17.2 Å². The Balaban J connectivity index is 1.46. The molecule has 1 aliphatic heterocycles. The van der Waals surface area contributed by atoms with Crippen LogP contribution in [0.15, 0.2) is 41.1 Å². The molecule has 1 amide bonds. The Morgan fingerprint density at radius 2 is 1.84 bits per heavy atom. The molecule has 1 saturated carbocycles. The molecule has 1 atom stereocenters. The molecule has 2 heterocycles. The van der Waals surface area contributed by atoms with Crippen molar-refractivity contribution in [2.75, 3.05) is 13.2 Å².